The van der Waals surface area contributed by atoms with Gasteiger partial charge in [0, 0.05) is 61.8 Å². The monoisotopic (exact) mass is 476 g/mol. The Labute approximate surface area is 205 Å². The third-order valence-corrected chi connectivity index (χ3v) is 5.65. The van der Waals surface area contributed by atoms with Gasteiger partial charge in [-0.15, -0.1) is 0 Å². The third-order valence-electron chi connectivity index (χ3n) is 5.65. The first kappa shape index (κ1) is 24.1. The Morgan fingerprint density at radius 1 is 1.03 bits per heavy atom. The minimum absolute atomic E-state index is 0.107. The molecule has 3 heterocycles. The Morgan fingerprint density at radius 3 is 2.34 bits per heavy atom. The van der Waals surface area contributed by atoms with Crippen LogP contribution >= 0.6 is 0 Å². The van der Waals surface area contributed by atoms with Crippen molar-refractivity contribution in [1.29, 1.82) is 0 Å². The van der Waals surface area contributed by atoms with Gasteiger partial charge in [0.15, 0.2) is 0 Å². The number of amides is 2. The molecule has 1 saturated heterocycles. The molecule has 4 N–H and O–H groups in total. The van der Waals surface area contributed by atoms with Crippen LogP contribution in [0.5, 0.6) is 0 Å². The van der Waals surface area contributed by atoms with E-state index in [-0.39, 0.29) is 12.0 Å². The number of ether oxygens (including phenoxy) is 1. The van der Waals surface area contributed by atoms with Gasteiger partial charge in [0.2, 0.25) is 5.91 Å². The molecule has 1 aliphatic heterocycles. The molecular formula is C26H32N6O3. The number of carbonyl (C=O) groups excluding carboxylic acids is 2. The lowest BCUT2D eigenvalue weighted by atomic mass is 10.1. The molecule has 2 aromatic heterocycles. The number of aromatic nitrogens is 2. The molecule has 0 spiro atoms. The van der Waals surface area contributed by atoms with Gasteiger partial charge in [-0.05, 0) is 51.1 Å². The molecule has 1 aliphatic rings. The van der Waals surface area contributed by atoms with Crippen molar-refractivity contribution in [3.63, 3.8) is 0 Å². The van der Waals surface area contributed by atoms with E-state index in [4.69, 9.17) is 10.5 Å². The summed E-state index contributed by atoms with van der Waals surface area (Å²) in [6.07, 6.45) is 1.48. The van der Waals surface area contributed by atoms with Gasteiger partial charge in [0.05, 0.1) is 11.4 Å². The normalized spacial score (nSPS) is 14.1. The maximum Gasteiger partial charge on any atom is 0.410 e. The Kier molecular flexibility index (Phi) is 6.68. The quantitative estimate of drug-likeness (QED) is 0.516. The second-order valence-corrected chi connectivity index (χ2v) is 9.63. The van der Waals surface area contributed by atoms with Crippen LogP contribution in [0.2, 0.25) is 0 Å². The van der Waals surface area contributed by atoms with Gasteiger partial charge < -0.3 is 30.6 Å². The van der Waals surface area contributed by atoms with Crippen LogP contribution in [0.3, 0.4) is 0 Å². The summed E-state index contributed by atoms with van der Waals surface area (Å²) in [5.74, 6) is 0.742. The van der Waals surface area contributed by atoms with E-state index in [1.165, 1.54) is 6.92 Å². The van der Waals surface area contributed by atoms with E-state index >= 15 is 0 Å². The molecular weight excluding hydrogens is 444 g/mol. The van der Waals surface area contributed by atoms with E-state index in [2.05, 4.69) is 20.2 Å². The number of anilines is 3. The van der Waals surface area contributed by atoms with E-state index in [9.17, 15) is 9.59 Å². The molecule has 0 aliphatic carbocycles. The number of aromatic amines is 1. The second-order valence-electron chi connectivity index (χ2n) is 9.63. The molecule has 35 heavy (non-hydrogen) atoms. The summed E-state index contributed by atoms with van der Waals surface area (Å²) in [6, 6.07) is 13.4. The molecule has 0 bridgehead atoms. The van der Waals surface area contributed by atoms with Crippen LogP contribution in [0.25, 0.3) is 22.5 Å². The summed E-state index contributed by atoms with van der Waals surface area (Å²) in [5, 5.41) is 2.77. The fourth-order valence-electron chi connectivity index (χ4n) is 4.00. The van der Waals surface area contributed by atoms with E-state index in [0.29, 0.717) is 31.9 Å². The number of nitrogen functional groups attached to an aromatic ring is 1. The minimum atomic E-state index is -0.510. The summed E-state index contributed by atoms with van der Waals surface area (Å²) >= 11 is 0. The number of nitrogens with zero attached hydrogens (tertiary/aromatic N) is 3. The first-order chi connectivity index (χ1) is 16.6. The predicted molar refractivity (Wildman–Crippen MR) is 138 cm³/mol. The lowest BCUT2D eigenvalue weighted by molar-refractivity contribution is -0.114. The van der Waals surface area contributed by atoms with Crippen molar-refractivity contribution in [3.05, 3.63) is 48.7 Å². The van der Waals surface area contributed by atoms with Crippen LogP contribution in [0, 0.1) is 0 Å². The largest absolute Gasteiger partial charge is 0.444 e. The average molecular weight is 477 g/mol. The molecule has 2 amide bonds. The molecule has 9 nitrogen and oxygen atoms in total. The zero-order chi connectivity index (χ0) is 25.2. The number of hydrogen-bond acceptors (Lipinski definition) is 6. The molecule has 4 rings (SSSR count). The van der Waals surface area contributed by atoms with Crippen LogP contribution in [0.4, 0.5) is 22.0 Å². The predicted octanol–water partition coefficient (Wildman–Crippen LogP) is 4.34. The minimum Gasteiger partial charge on any atom is -0.444 e. The Hall–Kier alpha value is -4.01. The van der Waals surface area contributed by atoms with Gasteiger partial charge in [-0.25, -0.2) is 4.79 Å². The molecule has 0 saturated carbocycles. The van der Waals surface area contributed by atoms with Gasteiger partial charge in [-0.1, -0.05) is 12.1 Å². The average Bonchev–Trinajstić information content (AvgIpc) is 3.20. The Morgan fingerprint density at radius 2 is 1.71 bits per heavy atom. The maximum absolute atomic E-state index is 12.4. The number of rotatable bonds is 4. The molecule has 0 unspecified atom stereocenters. The number of carbonyl (C=O) groups is 2. The lowest BCUT2D eigenvalue weighted by Crippen LogP contribution is -2.50. The summed E-state index contributed by atoms with van der Waals surface area (Å²) in [5.41, 5.74) is 10.9. The zero-order valence-corrected chi connectivity index (χ0v) is 20.6. The molecule has 0 atom stereocenters. The molecule has 3 aromatic rings. The number of hydrogen-bond donors (Lipinski definition) is 3. The van der Waals surface area contributed by atoms with E-state index in [1.807, 2.05) is 63.2 Å². The molecule has 184 valence electrons. The van der Waals surface area contributed by atoms with E-state index < -0.39 is 5.60 Å². The number of piperazine rings is 1. The summed E-state index contributed by atoms with van der Waals surface area (Å²) in [7, 11) is 0. The number of H-pyrrole nitrogens is 1. The topological polar surface area (TPSA) is 117 Å². The maximum atomic E-state index is 12.4. The van der Waals surface area contributed by atoms with E-state index in [0.717, 1.165) is 34.0 Å². The standard InChI is InChI=1S/C26H32N6O3/c1-17(33)29-20-7-5-18(6-8-20)22-15-19(9-10-28-22)23-16-21(27)24(30-23)31-11-13-32(14-12-31)25(34)35-26(2,3)4/h5-10,15-16,30H,11-14,27H2,1-4H3,(H,29,33). The van der Waals surface area contributed by atoms with Crippen molar-refractivity contribution in [2.75, 3.05) is 42.1 Å². The highest BCUT2D eigenvalue weighted by molar-refractivity contribution is 5.89. The fourth-order valence-corrected chi connectivity index (χ4v) is 4.00. The number of nitrogens with one attached hydrogen (secondary N) is 2. The van der Waals surface area contributed by atoms with Crippen molar-refractivity contribution in [1.82, 2.24) is 14.9 Å². The van der Waals surface area contributed by atoms with Crippen LogP contribution in [0.15, 0.2) is 48.7 Å². The van der Waals surface area contributed by atoms with Crippen molar-refractivity contribution in [2.24, 2.45) is 0 Å². The lowest BCUT2D eigenvalue weighted by Gasteiger charge is -2.36. The first-order valence-electron chi connectivity index (χ1n) is 11.6. The molecule has 9 heteroatoms. The third kappa shape index (κ3) is 5.92. The van der Waals surface area contributed by atoms with Crippen molar-refractivity contribution < 1.29 is 14.3 Å². The summed E-state index contributed by atoms with van der Waals surface area (Å²) < 4.78 is 5.49. The van der Waals surface area contributed by atoms with Gasteiger partial charge in [-0.3, -0.25) is 9.78 Å². The SMILES string of the molecule is CC(=O)Nc1ccc(-c2cc(-c3cc(N)c(N4CCN(C(=O)OC(C)(C)C)CC4)[nH]3)ccn2)cc1. The molecule has 1 aromatic carbocycles. The zero-order valence-electron chi connectivity index (χ0n) is 20.6. The van der Waals surface area contributed by atoms with Crippen LogP contribution in [-0.2, 0) is 9.53 Å². The van der Waals surface area contributed by atoms with Crippen molar-refractivity contribution in [3.8, 4) is 22.5 Å². The highest BCUT2D eigenvalue weighted by Gasteiger charge is 2.27. The fraction of sp³-hybridized carbons (Fsp3) is 0.346. The smallest absolute Gasteiger partial charge is 0.410 e. The van der Waals surface area contributed by atoms with Crippen molar-refractivity contribution in [2.45, 2.75) is 33.3 Å². The summed E-state index contributed by atoms with van der Waals surface area (Å²) in [6.45, 7) is 9.54. The van der Waals surface area contributed by atoms with Crippen LogP contribution < -0.4 is 16.0 Å². The van der Waals surface area contributed by atoms with Gasteiger partial charge in [0.25, 0.3) is 0 Å². The van der Waals surface area contributed by atoms with Crippen LogP contribution in [-0.4, -0.2) is 58.6 Å². The Balaban J connectivity index is 1.46. The number of nitrogens with two attached hydrogens (primary N) is 1. The Bertz CT molecular complexity index is 1200. The van der Waals surface area contributed by atoms with E-state index in [1.54, 1.807) is 11.1 Å². The molecule has 0 radical (unpaired) electrons. The van der Waals surface area contributed by atoms with Crippen LogP contribution in [0.1, 0.15) is 27.7 Å². The van der Waals surface area contributed by atoms with Crippen molar-refractivity contribution >= 4 is 29.2 Å². The molecule has 1 fully saturated rings. The summed E-state index contributed by atoms with van der Waals surface area (Å²) in [4.78, 5) is 35.4. The van der Waals surface area contributed by atoms with Gasteiger partial charge in [-0.2, -0.15) is 0 Å². The second kappa shape index (κ2) is 9.69. The number of pyridine rings is 1. The first-order valence-corrected chi connectivity index (χ1v) is 11.6. The van der Waals surface area contributed by atoms with Gasteiger partial charge >= 0.3 is 6.09 Å². The highest BCUT2D eigenvalue weighted by atomic mass is 16.6. The highest BCUT2D eigenvalue weighted by Crippen LogP contribution is 2.32. The number of benzene rings is 1. The van der Waals surface area contributed by atoms with Gasteiger partial charge in [0.1, 0.15) is 11.4 Å².